The number of ether oxygens (including phenoxy) is 1. The van der Waals surface area contributed by atoms with Crippen molar-refractivity contribution in [2.45, 2.75) is 26.0 Å². The maximum absolute atomic E-state index is 5.70. The molecule has 0 radical (unpaired) electrons. The van der Waals surface area contributed by atoms with Gasteiger partial charge >= 0.3 is 0 Å². The molecule has 0 aromatic carbocycles. The minimum absolute atomic E-state index is 0.00159. The van der Waals surface area contributed by atoms with E-state index in [1.54, 1.807) is 6.20 Å². The molecule has 1 aromatic heterocycles. The SMILES string of the molecule is CC1(C)CN(CCNCc2cccnc2)CCO1. The summed E-state index contributed by atoms with van der Waals surface area (Å²) >= 11 is 0. The molecule has 1 aliphatic heterocycles. The lowest BCUT2D eigenvalue weighted by Gasteiger charge is -2.38. The van der Waals surface area contributed by atoms with E-state index in [-0.39, 0.29) is 5.60 Å². The van der Waals surface area contributed by atoms with E-state index < -0.39 is 0 Å². The van der Waals surface area contributed by atoms with Gasteiger partial charge in [0.2, 0.25) is 0 Å². The van der Waals surface area contributed by atoms with Crippen LogP contribution in [0, 0.1) is 0 Å². The highest BCUT2D eigenvalue weighted by molar-refractivity contribution is 5.07. The fourth-order valence-electron chi connectivity index (χ4n) is 2.28. The third kappa shape index (κ3) is 4.37. The van der Waals surface area contributed by atoms with Crippen molar-refractivity contribution in [3.8, 4) is 0 Å². The maximum Gasteiger partial charge on any atom is 0.0753 e. The van der Waals surface area contributed by atoms with Crippen molar-refractivity contribution < 1.29 is 4.74 Å². The van der Waals surface area contributed by atoms with Gasteiger partial charge in [0.25, 0.3) is 0 Å². The molecule has 0 spiro atoms. The number of nitrogens with zero attached hydrogens (tertiary/aromatic N) is 2. The summed E-state index contributed by atoms with van der Waals surface area (Å²) in [5.74, 6) is 0. The monoisotopic (exact) mass is 249 g/mol. The van der Waals surface area contributed by atoms with E-state index in [4.69, 9.17) is 4.74 Å². The average molecular weight is 249 g/mol. The first-order chi connectivity index (χ1) is 8.66. The molecule has 100 valence electrons. The number of hydrogen-bond acceptors (Lipinski definition) is 4. The van der Waals surface area contributed by atoms with E-state index >= 15 is 0 Å². The number of aromatic nitrogens is 1. The standard InChI is InChI=1S/C14H23N3O/c1-14(2)12-17(8-9-18-14)7-6-16-11-13-4-3-5-15-10-13/h3-5,10,16H,6-9,11-12H2,1-2H3. The summed E-state index contributed by atoms with van der Waals surface area (Å²) < 4.78 is 5.70. The van der Waals surface area contributed by atoms with Gasteiger partial charge in [-0.3, -0.25) is 9.88 Å². The number of nitrogens with one attached hydrogen (secondary N) is 1. The van der Waals surface area contributed by atoms with Gasteiger partial charge in [-0.1, -0.05) is 6.07 Å². The smallest absolute Gasteiger partial charge is 0.0753 e. The van der Waals surface area contributed by atoms with Crippen LogP contribution in [0.1, 0.15) is 19.4 Å². The van der Waals surface area contributed by atoms with Crippen molar-refractivity contribution in [3.63, 3.8) is 0 Å². The van der Waals surface area contributed by atoms with E-state index in [9.17, 15) is 0 Å². The second-order valence-electron chi connectivity index (χ2n) is 5.42. The van der Waals surface area contributed by atoms with E-state index in [1.165, 1.54) is 5.56 Å². The fraction of sp³-hybridized carbons (Fsp3) is 0.643. The first-order valence-corrected chi connectivity index (χ1v) is 6.62. The van der Waals surface area contributed by atoms with E-state index in [0.29, 0.717) is 0 Å². The van der Waals surface area contributed by atoms with Crippen molar-refractivity contribution in [1.29, 1.82) is 0 Å². The molecule has 4 nitrogen and oxygen atoms in total. The van der Waals surface area contributed by atoms with Gasteiger partial charge in [-0.25, -0.2) is 0 Å². The van der Waals surface area contributed by atoms with E-state index in [2.05, 4.69) is 35.1 Å². The highest BCUT2D eigenvalue weighted by atomic mass is 16.5. The highest BCUT2D eigenvalue weighted by Crippen LogP contribution is 2.15. The molecule has 1 aliphatic rings. The second-order valence-corrected chi connectivity index (χ2v) is 5.42. The van der Waals surface area contributed by atoms with Gasteiger partial charge in [0.15, 0.2) is 0 Å². The zero-order valence-corrected chi connectivity index (χ0v) is 11.4. The van der Waals surface area contributed by atoms with Crippen LogP contribution in [0.3, 0.4) is 0 Å². The average Bonchev–Trinajstić information content (AvgIpc) is 2.35. The van der Waals surface area contributed by atoms with Crippen molar-refractivity contribution in [3.05, 3.63) is 30.1 Å². The normalized spacial score (nSPS) is 19.9. The van der Waals surface area contributed by atoms with Gasteiger partial charge < -0.3 is 10.1 Å². The summed E-state index contributed by atoms with van der Waals surface area (Å²) in [4.78, 5) is 6.56. The lowest BCUT2D eigenvalue weighted by Crippen LogP contribution is -2.49. The minimum atomic E-state index is 0.00159. The molecule has 4 heteroatoms. The van der Waals surface area contributed by atoms with E-state index in [1.807, 2.05) is 12.3 Å². The van der Waals surface area contributed by atoms with Crippen LogP contribution in [-0.4, -0.2) is 48.3 Å². The Labute approximate surface area is 109 Å². The second kappa shape index (κ2) is 6.27. The number of pyridine rings is 1. The minimum Gasteiger partial charge on any atom is -0.373 e. The lowest BCUT2D eigenvalue weighted by atomic mass is 10.1. The van der Waals surface area contributed by atoms with Crippen molar-refractivity contribution >= 4 is 0 Å². The molecule has 1 fully saturated rings. The number of rotatable bonds is 5. The molecule has 1 N–H and O–H groups in total. The van der Waals surface area contributed by atoms with E-state index in [0.717, 1.165) is 39.3 Å². The lowest BCUT2D eigenvalue weighted by molar-refractivity contribution is -0.0854. The quantitative estimate of drug-likeness (QED) is 0.798. The highest BCUT2D eigenvalue weighted by Gasteiger charge is 2.26. The van der Waals surface area contributed by atoms with Gasteiger partial charge in [-0.15, -0.1) is 0 Å². The molecular weight excluding hydrogens is 226 g/mol. The van der Waals surface area contributed by atoms with Crippen LogP contribution in [-0.2, 0) is 11.3 Å². The molecule has 18 heavy (non-hydrogen) atoms. The van der Waals surface area contributed by atoms with Crippen LogP contribution >= 0.6 is 0 Å². The Hall–Kier alpha value is -0.970. The summed E-state index contributed by atoms with van der Waals surface area (Å²) in [5, 5.41) is 3.45. The number of morpholine rings is 1. The summed E-state index contributed by atoms with van der Waals surface area (Å²) in [5.41, 5.74) is 1.24. The van der Waals surface area contributed by atoms with Gasteiger partial charge in [0.1, 0.15) is 0 Å². The molecule has 0 aliphatic carbocycles. The Kier molecular flexibility index (Phi) is 4.69. The predicted octanol–water partition coefficient (Wildman–Crippen LogP) is 1.28. The number of hydrogen-bond donors (Lipinski definition) is 1. The first kappa shape index (κ1) is 13.5. The molecule has 1 aromatic rings. The predicted molar refractivity (Wildman–Crippen MR) is 72.4 cm³/mol. The van der Waals surface area contributed by atoms with Crippen molar-refractivity contribution in [1.82, 2.24) is 15.2 Å². The van der Waals surface area contributed by atoms with Crippen LogP contribution in [0.5, 0.6) is 0 Å². The molecule has 2 heterocycles. The molecule has 2 rings (SSSR count). The Balaban J connectivity index is 1.64. The fourth-order valence-corrected chi connectivity index (χ4v) is 2.28. The van der Waals surface area contributed by atoms with Gasteiger partial charge in [0, 0.05) is 45.1 Å². The van der Waals surface area contributed by atoms with Crippen LogP contribution in [0.15, 0.2) is 24.5 Å². The van der Waals surface area contributed by atoms with Crippen molar-refractivity contribution in [2.24, 2.45) is 0 Å². The molecule has 0 saturated carbocycles. The molecule has 0 unspecified atom stereocenters. The molecule has 0 atom stereocenters. The summed E-state index contributed by atoms with van der Waals surface area (Å²) in [6.07, 6.45) is 3.71. The Bertz CT molecular complexity index is 353. The Morgan fingerprint density at radius 3 is 3.11 bits per heavy atom. The zero-order chi connectivity index (χ0) is 12.8. The van der Waals surface area contributed by atoms with Crippen molar-refractivity contribution in [2.75, 3.05) is 32.8 Å². The third-order valence-electron chi connectivity index (χ3n) is 3.16. The van der Waals surface area contributed by atoms with Gasteiger partial charge in [-0.2, -0.15) is 0 Å². The van der Waals surface area contributed by atoms with Crippen LogP contribution < -0.4 is 5.32 Å². The van der Waals surface area contributed by atoms with Gasteiger partial charge in [-0.05, 0) is 25.5 Å². The Morgan fingerprint density at radius 2 is 2.39 bits per heavy atom. The third-order valence-corrected chi connectivity index (χ3v) is 3.16. The van der Waals surface area contributed by atoms with Crippen LogP contribution in [0.25, 0.3) is 0 Å². The largest absolute Gasteiger partial charge is 0.373 e. The summed E-state index contributed by atoms with van der Waals surface area (Å²) in [7, 11) is 0. The maximum atomic E-state index is 5.70. The summed E-state index contributed by atoms with van der Waals surface area (Å²) in [6.45, 7) is 10.2. The zero-order valence-electron chi connectivity index (χ0n) is 11.4. The van der Waals surface area contributed by atoms with Crippen LogP contribution in [0.4, 0.5) is 0 Å². The van der Waals surface area contributed by atoms with Gasteiger partial charge in [0.05, 0.1) is 12.2 Å². The molecule has 1 saturated heterocycles. The first-order valence-electron chi connectivity index (χ1n) is 6.62. The Morgan fingerprint density at radius 1 is 1.50 bits per heavy atom. The topological polar surface area (TPSA) is 37.4 Å². The molecular formula is C14H23N3O. The summed E-state index contributed by atoms with van der Waals surface area (Å²) in [6, 6.07) is 4.07. The molecule has 0 amide bonds. The molecule has 0 bridgehead atoms. The van der Waals surface area contributed by atoms with Crippen LogP contribution in [0.2, 0.25) is 0 Å².